The first-order valence-corrected chi connectivity index (χ1v) is 11.9. The maximum absolute atomic E-state index is 12.2. The molecule has 0 saturated carbocycles. The van der Waals surface area contributed by atoms with Crippen LogP contribution in [0.4, 0.5) is 5.69 Å². The molecule has 3 aromatic rings. The molecule has 0 radical (unpaired) electrons. The van der Waals surface area contributed by atoms with Crippen molar-refractivity contribution in [2.45, 2.75) is 30.1 Å². The third-order valence-electron chi connectivity index (χ3n) is 3.98. The van der Waals surface area contributed by atoms with Gasteiger partial charge in [-0.2, -0.15) is 0 Å². The Kier molecular flexibility index (Phi) is 8.29. The average molecular weight is 467 g/mol. The number of carbonyl (C=O) groups is 1. The van der Waals surface area contributed by atoms with Crippen molar-refractivity contribution in [1.82, 2.24) is 14.8 Å². The number of rotatable bonds is 9. The molecule has 0 saturated heterocycles. The number of carbonyl (C=O) groups excluding carboxylic acids is 1. The van der Waals surface area contributed by atoms with Crippen molar-refractivity contribution in [3.05, 3.63) is 70.0 Å². The van der Waals surface area contributed by atoms with Crippen LogP contribution in [-0.2, 0) is 22.8 Å². The van der Waals surface area contributed by atoms with Crippen molar-refractivity contribution in [3.8, 4) is 0 Å². The SMILES string of the molecule is CCn1c(CSCc2ccc(Cl)cc2)nnc1SCC(=O)Nc1ccc(Cl)cc1. The molecule has 0 bridgehead atoms. The van der Waals surface area contributed by atoms with E-state index in [0.717, 1.165) is 39.7 Å². The van der Waals surface area contributed by atoms with E-state index in [9.17, 15) is 4.79 Å². The van der Waals surface area contributed by atoms with Gasteiger partial charge in [0.1, 0.15) is 5.82 Å². The standard InChI is InChI=1S/C20H20Cl2N4OS2/c1-2-26-18(12-28-11-14-3-5-15(21)6-4-14)24-25-20(26)29-13-19(27)23-17-9-7-16(22)8-10-17/h3-10H,2,11-13H2,1H3,(H,23,27). The molecule has 29 heavy (non-hydrogen) atoms. The summed E-state index contributed by atoms with van der Waals surface area (Å²) in [5.41, 5.74) is 1.94. The van der Waals surface area contributed by atoms with Crippen LogP contribution in [0.2, 0.25) is 10.0 Å². The Hall–Kier alpha value is -1.67. The van der Waals surface area contributed by atoms with Gasteiger partial charge in [-0.3, -0.25) is 4.79 Å². The van der Waals surface area contributed by atoms with E-state index < -0.39 is 0 Å². The summed E-state index contributed by atoms with van der Waals surface area (Å²) in [6.45, 7) is 2.81. The normalized spacial score (nSPS) is 10.9. The molecule has 1 N–H and O–H groups in total. The van der Waals surface area contributed by atoms with E-state index in [1.807, 2.05) is 24.3 Å². The number of aromatic nitrogens is 3. The minimum atomic E-state index is -0.0957. The van der Waals surface area contributed by atoms with Gasteiger partial charge in [0.05, 0.1) is 11.5 Å². The number of hydrogen-bond donors (Lipinski definition) is 1. The lowest BCUT2D eigenvalue weighted by Gasteiger charge is -2.08. The molecule has 1 heterocycles. The topological polar surface area (TPSA) is 59.8 Å². The zero-order valence-corrected chi connectivity index (χ0v) is 18.9. The van der Waals surface area contributed by atoms with E-state index in [1.54, 1.807) is 36.0 Å². The smallest absolute Gasteiger partial charge is 0.234 e. The second-order valence-corrected chi connectivity index (χ2v) is 8.91. The Morgan fingerprint density at radius 2 is 1.66 bits per heavy atom. The third-order valence-corrected chi connectivity index (χ3v) is 6.45. The van der Waals surface area contributed by atoms with E-state index in [2.05, 4.69) is 27.0 Å². The zero-order valence-electron chi connectivity index (χ0n) is 15.8. The van der Waals surface area contributed by atoms with Gasteiger partial charge in [0.2, 0.25) is 5.91 Å². The molecule has 1 amide bonds. The Morgan fingerprint density at radius 3 is 2.31 bits per heavy atom. The maximum atomic E-state index is 12.2. The summed E-state index contributed by atoms with van der Waals surface area (Å²) in [4.78, 5) is 12.2. The van der Waals surface area contributed by atoms with Crippen LogP contribution in [0.3, 0.4) is 0 Å². The summed E-state index contributed by atoms with van der Waals surface area (Å²) in [7, 11) is 0. The molecule has 9 heteroatoms. The Morgan fingerprint density at radius 1 is 1.00 bits per heavy atom. The quantitative estimate of drug-likeness (QED) is 0.405. The van der Waals surface area contributed by atoms with Gasteiger partial charge < -0.3 is 9.88 Å². The lowest BCUT2D eigenvalue weighted by Crippen LogP contribution is -2.14. The Labute approximate surface area is 188 Å². The molecule has 1 aromatic heterocycles. The summed E-state index contributed by atoms with van der Waals surface area (Å²) >= 11 is 14.9. The highest BCUT2D eigenvalue weighted by Crippen LogP contribution is 2.23. The highest BCUT2D eigenvalue weighted by molar-refractivity contribution is 7.99. The van der Waals surface area contributed by atoms with Crippen LogP contribution < -0.4 is 5.32 Å². The van der Waals surface area contributed by atoms with E-state index in [1.165, 1.54) is 17.3 Å². The predicted molar refractivity (Wildman–Crippen MR) is 123 cm³/mol. The summed E-state index contributed by atoms with van der Waals surface area (Å²) in [5.74, 6) is 2.70. The minimum Gasteiger partial charge on any atom is -0.325 e. The molecule has 0 aliphatic carbocycles. The predicted octanol–water partition coefficient (Wildman–Crippen LogP) is 5.77. The van der Waals surface area contributed by atoms with E-state index in [4.69, 9.17) is 23.2 Å². The number of nitrogens with one attached hydrogen (secondary N) is 1. The van der Waals surface area contributed by atoms with Crippen LogP contribution in [-0.4, -0.2) is 26.4 Å². The fourth-order valence-electron chi connectivity index (χ4n) is 2.55. The molecular formula is C20H20Cl2N4OS2. The second kappa shape index (κ2) is 10.9. The molecule has 0 unspecified atom stereocenters. The molecular weight excluding hydrogens is 447 g/mol. The van der Waals surface area contributed by atoms with E-state index in [-0.39, 0.29) is 11.7 Å². The van der Waals surface area contributed by atoms with Crippen LogP contribution in [0.25, 0.3) is 0 Å². The lowest BCUT2D eigenvalue weighted by molar-refractivity contribution is -0.113. The molecule has 5 nitrogen and oxygen atoms in total. The van der Waals surface area contributed by atoms with Gasteiger partial charge in [-0.1, -0.05) is 47.1 Å². The molecule has 0 aliphatic rings. The highest BCUT2D eigenvalue weighted by Gasteiger charge is 2.13. The van der Waals surface area contributed by atoms with E-state index in [0.29, 0.717) is 5.02 Å². The van der Waals surface area contributed by atoms with Crippen LogP contribution >= 0.6 is 46.7 Å². The fraction of sp³-hybridized carbons (Fsp3) is 0.250. The summed E-state index contributed by atoms with van der Waals surface area (Å²) in [6.07, 6.45) is 0. The summed E-state index contributed by atoms with van der Waals surface area (Å²) in [5, 5.41) is 13.5. The van der Waals surface area contributed by atoms with Crippen LogP contribution in [0.15, 0.2) is 53.7 Å². The molecule has 0 atom stereocenters. The Bertz CT molecular complexity index is 946. The molecule has 0 aliphatic heterocycles. The van der Waals surface area contributed by atoms with Gasteiger partial charge in [-0.25, -0.2) is 0 Å². The second-order valence-electron chi connectivity index (χ2n) is 6.11. The van der Waals surface area contributed by atoms with Crippen LogP contribution in [0.1, 0.15) is 18.3 Å². The van der Waals surface area contributed by atoms with Gasteiger partial charge in [0.15, 0.2) is 5.16 Å². The van der Waals surface area contributed by atoms with Crippen molar-refractivity contribution < 1.29 is 4.79 Å². The van der Waals surface area contributed by atoms with Crippen LogP contribution in [0.5, 0.6) is 0 Å². The van der Waals surface area contributed by atoms with Crippen molar-refractivity contribution in [3.63, 3.8) is 0 Å². The number of hydrogen-bond acceptors (Lipinski definition) is 5. The van der Waals surface area contributed by atoms with Gasteiger partial charge in [-0.05, 0) is 48.9 Å². The van der Waals surface area contributed by atoms with Gasteiger partial charge in [-0.15, -0.1) is 22.0 Å². The van der Waals surface area contributed by atoms with Gasteiger partial charge in [0.25, 0.3) is 0 Å². The van der Waals surface area contributed by atoms with Crippen LogP contribution in [0, 0.1) is 0 Å². The number of amides is 1. The zero-order chi connectivity index (χ0) is 20.6. The summed E-state index contributed by atoms with van der Waals surface area (Å²) in [6, 6.07) is 14.9. The van der Waals surface area contributed by atoms with Gasteiger partial charge >= 0.3 is 0 Å². The first-order chi connectivity index (χ1) is 14.0. The molecule has 0 spiro atoms. The minimum absolute atomic E-state index is 0.0957. The number of thioether (sulfide) groups is 2. The van der Waals surface area contributed by atoms with Crippen molar-refractivity contribution in [2.75, 3.05) is 11.1 Å². The Balaban J connectivity index is 1.51. The van der Waals surface area contributed by atoms with Gasteiger partial charge in [0, 0.05) is 28.0 Å². The first-order valence-electron chi connectivity index (χ1n) is 8.97. The van der Waals surface area contributed by atoms with Crippen molar-refractivity contribution in [1.29, 1.82) is 0 Å². The highest BCUT2D eigenvalue weighted by atomic mass is 35.5. The van der Waals surface area contributed by atoms with Crippen molar-refractivity contribution in [2.24, 2.45) is 0 Å². The number of halogens is 2. The largest absolute Gasteiger partial charge is 0.325 e. The molecule has 3 rings (SSSR count). The maximum Gasteiger partial charge on any atom is 0.234 e. The number of anilines is 1. The lowest BCUT2D eigenvalue weighted by atomic mass is 10.2. The number of benzene rings is 2. The fourth-order valence-corrected chi connectivity index (χ4v) is 4.55. The molecule has 152 valence electrons. The summed E-state index contributed by atoms with van der Waals surface area (Å²) < 4.78 is 2.05. The molecule has 0 fully saturated rings. The third kappa shape index (κ3) is 6.67. The average Bonchev–Trinajstić information content (AvgIpc) is 3.11. The van der Waals surface area contributed by atoms with Crippen molar-refractivity contribution >= 4 is 58.3 Å². The number of nitrogens with zero attached hydrogens (tertiary/aromatic N) is 3. The first kappa shape index (κ1) is 22.0. The van der Waals surface area contributed by atoms with E-state index >= 15 is 0 Å². The molecule has 2 aromatic carbocycles. The monoisotopic (exact) mass is 466 g/mol.